The van der Waals surface area contributed by atoms with Crippen LogP contribution in [0.2, 0.25) is 0 Å². The highest BCUT2D eigenvalue weighted by molar-refractivity contribution is 9.10. The molecular formula is C14H20BrNO3. The van der Waals surface area contributed by atoms with Crippen molar-refractivity contribution in [2.24, 2.45) is 0 Å². The SMILES string of the molecule is COCC(C)(CCO)NC(=O)c1ccc(C)c(Br)c1. The molecule has 1 aromatic rings. The number of benzene rings is 1. The number of hydrogen-bond acceptors (Lipinski definition) is 3. The van der Waals surface area contributed by atoms with Crippen LogP contribution in [0.25, 0.3) is 0 Å². The second-order valence-corrected chi connectivity index (χ2v) is 5.74. The molecule has 0 saturated heterocycles. The molecule has 0 aliphatic rings. The van der Waals surface area contributed by atoms with E-state index in [1.807, 2.05) is 19.9 Å². The number of ether oxygens (including phenoxy) is 1. The van der Waals surface area contributed by atoms with E-state index in [1.165, 1.54) is 0 Å². The van der Waals surface area contributed by atoms with Gasteiger partial charge in [0.15, 0.2) is 0 Å². The van der Waals surface area contributed by atoms with Gasteiger partial charge in [0.2, 0.25) is 0 Å². The molecule has 106 valence electrons. The van der Waals surface area contributed by atoms with Crippen molar-refractivity contribution in [3.8, 4) is 0 Å². The molecular weight excluding hydrogens is 310 g/mol. The average Bonchev–Trinajstić information content (AvgIpc) is 2.32. The lowest BCUT2D eigenvalue weighted by molar-refractivity contribution is 0.0725. The molecule has 0 saturated carbocycles. The Labute approximate surface area is 122 Å². The van der Waals surface area contributed by atoms with Crippen LogP contribution in [0.5, 0.6) is 0 Å². The Balaban J connectivity index is 2.84. The summed E-state index contributed by atoms with van der Waals surface area (Å²) >= 11 is 3.41. The smallest absolute Gasteiger partial charge is 0.251 e. The van der Waals surface area contributed by atoms with Gasteiger partial charge in [-0.25, -0.2) is 0 Å². The minimum absolute atomic E-state index is 0.00225. The average molecular weight is 330 g/mol. The molecule has 1 unspecified atom stereocenters. The topological polar surface area (TPSA) is 58.6 Å². The third-order valence-electron chi connectivity index (χ3n) is 2.98. The first-order valence-electron chi connectivity index (χ1n) is 6.10. The van der Waals surface area contributed by atoms with Crippen molar-refractivity contribution in [2.75, 3.05) is 20.3 Å². The maximum Gasteiger partial charge on any atom is 0.251 e. The standard InChI is InChI=1S/C14H20BrNO3/c1-10-4-5-11(8-12(10)15)13(18)16-14(2,6-7-17)9-19-3/h4-5,8,17H,6-7,9H2,1-3H3,(H,16,18). The number of aliphatic hydroxyl groups excluding tert-OH is 1. The largest absolute Gasteiger partial charge is 0.396 e. The van der Waals surface area contributed by atoms with Gasteiger partial charge >= 0.3 is 0 Å². The summed E-state index contributed by atoms with van der Waals surface area (Å²) in [5, 5.41) is 12.0. The first-order chi connectivity index (χ1) is 8.91. The van der Waals surface area contributed by atoms with Gasteiger partial charge in [0.1, 0.15) is 0 Å². The number of nitrogens with one attached hydrogen (secondary N) is 1. The molecule has 0 aliphatic carbocycles. The van der Waals surface area contributed by atoms with Crippen LogP contribution in [-0.2, 0) is 4.74 Å². The van der Waals surface area contributed by atoms with Crippen LogP contribution in [0.1, 0.15) is 29.3 Å². The van der Waals surface area contributed by atoms with Gasteiger partial charge in [-0.3, -0.25) is 4.79 Å². The first kappa shape index (κ1) is 16.1. The molecule has 4 nitrogen and oxygen atoms in total. The van der Waals surface area contributed by atoms with E-state index in [2.05, 4.69) is 21.2 Å². The van der Waals surface area contributed by atoms with Crippen LogP contribution < -0.4 is 5.32 Å². The van der Waals surface area contributed by atoms with Gasteiger partial charge in [0.25, 0.3) is 5.91 Å². The summed E-state index contributed by atoms with van der Waals surface area (Å²) in [5.74, 6) is -0.172. The van der Waals surface area contributed by atoms with Crippen LogP contribution >= 0.6 is 15.9 Å². The predicted octanol–water partition coefficient (Wildman–Crippen LogP) is 2.27. The quantitative estimate of drug-likeness (QED) is 0.841. The number of carbonyl (C=O) groups excluding carboxylic acids is 1. The zero-order chi connectivity index (χ0) is 14.5. The lowest BCUT2D eigenvalue weighted by Crippen LogP contribution is -2.50. The van der Waals surface area contributed by atoms with Crippen LogP contribution in [-0.4, -0.2) is 36.9 Å². The second kappa shape index (κ2) is 7.03. The highest BCUT2D eigenvalue weighted by atomic mass is 79.9. The van der Waals surface area contributed by atoms with Crippen molar-refractivity contribution in [1.29, 1.82) is 0 Å². The molecule has 1 aromatic carbocycles. The van der Waals surface area contributed by atoms with E-state index < -0.39 is 5.54 Å². The molecule has 2 N–H and O–H groups in total. The number of rotatable bonds is 6. The van der Waals surface area contributed by atoms with Crippen molar-refractivity contribution in [3.05, 3.63) is 33.8 Å². The van der Waals surface area contributed by atoms with Crippen LogP contribution in [0.4, 0.5) is 0 Å². The number of hydrogen-bond donors (Lipinski definition) is 2. The van der Waals surface area contributed by atoms with Gasteiger partial charge in [0.05, 0.1) is 12.1 Å². The van der Waals surface area contributed by atoms with E-state index in [0.717, 1.165) is 10.0 Å². The summed E-state index contributed by atoms with van der Waals surface area (Å²) in [5.41, 5.74) is 1.09. The van der Waals surface area contributed by atoms with E-state index in [9.17, 15) is 4.79 Å². The van der Waals surface area contributed by atoms with Crippen molar-refractivity contribution >= 4 is 21.8 Å². The van der Waals surface area contributed by atoms with Crippen LogP contribution in [0.15, 0.2) is 22.7 Å². The summed E-state index contributed by atoms with van der Waals surface area (Å²) < 4.78 is 6.00. The first-order valence-corrected chi connectivity index (χ1v) is 6.89. The normalized spacial score (nSPS) is 13.9. The molecule has 0 aromatic heterocycles. The summed E-state index contributed by atoms with van der Waals surface area (Å²) in [7, 11) is 1.57. The van der Waals surface area contributed by atoms with Crippen molar-refractivity contribution in [3.63, 3.8) is 0 Å². The van der Waals surface area contributed by atoms with Gasteiger partial charge < -0.3 is 15.2 Å². The molecule has 1 atom stereocenters. The molecule has 0 fully saturated rings. The molecule has 0 aliphatic heterocycles. The Hall–Kier alpha value is -0.910. The van der Waals surface area contributed by atoms with Crippen LogP contribution in [0.3, 0.4) is 0 Å². The Morgan fingerprint density at radius 1 is 1.53 bits per heavy atom. The van der Waals surface area contributed by atoms with E-state index in [0.29, 0.717) is 18.6 Å². The number of amides is 1. The third-order valence-corrected chi connectivity index (χ3v) is 3.83. The van der Waals surface area contributed by atoms with E-state index in [-0.39, 0.29) is 12.5 Å². The summed E-state index contributed by atoms with van der Waals surface area (Å²) in [6.45, 7) is 4.17. The molecule has 19 heavy (non-hydrogen) atoms. The van der Waals surface area contributed by atoms with E-state index in [1.54, 1.807) is 19.2 Å². The lowest BCUT2D eigenvalue weighted by atomic mass is 9.98. The molecule has 5 heteroatoms. The predicted molar refractivity (Wildman–Crippen MR) is 78.3 cm³/mol. The summed E-state index contributed by atoms with van der Waals surface area (Å²) in [4.78, 5) is 12.2. The molecule has 1 amide bonds. The minimum Gasteiger partial charge on any atom is -0.396 e. The lowest BCUT2D eigenvalue weighted by Gasteiger charge is -2.29. The van der Waals surface area contributed by atoms with Gasteiger partial charge in [-0.15, -0.1) is 0 Å². The molecule has 1 rings (SSSR count). The Kier molecular flexibility index (Phi) is 5.97. The second-order valence-electron chi connectivity index (χ2n) is 4.89. The van der Waals surface area contributed by atoms with Crippen molar-refractivity contribution < 1.29 is 14.6 Å². The van der Waals surface area contributed by atoms with Gasteiger partial charge in [-0.1, -0.05) is 22.0 Å². The number of aryl methyl sites for hydroxylation is 1. The molecule has 0 spiro atoms. The maximum atomic E-state index is 12.2. The molecule has 0 radical (unpaired) electrons. The number of methoxy groups -OCH3 is 1. The Morgan fingerprint density at radius 3 is 2.74 bits per heavy atom. The fourth-order valence-corrected chi connectivity index (χ4v) is 2.20. The highest BCUT2D eigenvalue weighted by Crippen LogP contribution is 2.18. The summed E-state index contributed by atoms with van der Waals surface area (Å²) in [6.07, 6.45) is 0.444. The zero-order valence-corrected chi connectivity index (χ0v) is 13.1. The number of aliphatic hydroxyl groups is 1. The monoisotopic (exact) mass is 329 g/mol. The zero-order valence-electron chi connectivity index (χ0n) is 11.5. The minimum atomic E-state index is -0.571. The fraction of sp³-hybridized carbons (Fsp3) is 0.500. The van der Waals surface area contributed by atoms with Crippen LogP contribution in [0, 0.1) is 6.92 Å². The van der Waals surface area contributed by atoms with Crippen molar-refractivity contribution in [1.82, 2.24) is 5.32 Å². The van der Waals surface area contributed by atoms with Crippen molar-refractivity contribution in [2.45, 2.75) is 25.8 Å². The van der Waals surface area contributed by atoms with Gasteiger partial charge in [-0.2, -0.15) is 0 Å². The van der Waals surface area contributed by atoms with Gasteiger partial charge in [-0.05, 0) is 38.0 Å². The molecule has 0 bridgehead atoms. The van der Waals surface area contributed by atoms with E-state index in [4.69, 9.17) is 9.84 Å². The maximum absolute atomic E-state index is 12.2. The third kappa shape index (κ3) is 4.60. The highest BCUT2D eigenvalue weighted by Gasteiger charge is 2.26. The Bertz CT molecular complexity index is 442. The van der Waals surface area contributed by atoms with E-state index >= 15 is 0 Å². The molecule has 0 heterocycles. The fourth-order valence-electron chi connectivity index (χ4n) is 1.82. The van der Waals surface area contributed by atoms with Gasteiger partial charge in [0, 0.05) is 23.8 Å². The number of halogens is 1. The summed E-state index contributed by atoms with van der Waals surface area (Å²) in [6, 6.07) is 5.46. The Morgan fingerprint density at radius 2 is 2.21 bits per heavy atom. The number of carbonyl (C=O) groups is 1.